The fourth-order valence-corrected chi connectivity index (χ4v) is 4.24. The summed E-state index contributed by atoms with van der Waals surface area (Å²) in [5, 5.41) is 3.77. The molecule has 1 heterocycles. The number of benzene rings is 1. The van der Waals surface area contributed by atoms with Gasteiger partial charge in [-0.3, -0.25) is 9.59 Å². The largest absolute Gasteiger partial charge is 0.340 e. The summed E-state index contributed by atoms with van der Waals surface area (Å²) >= 11 is 12.1. The second-order valence-corrected chi connectivity index (χ2v) is 7.83. The van der Waals surface area contributed by atoms with E-state index in [1.54, 1.807) is 18.2 Å². The summed E-state index contributed by atoms with van der Waals surface area (Å²) in [5.74, 6) is -0.629. The summed E-state index contributed by atoms with van der Waals surface area (Å²) in [4.78, 5) is 27.7. The van der Waals surface area contributed by atoms with Crippen molar-refractivity contribution < 1.29 is 9.59 Å². The molecule has 1 aliphatic heterocycles. The molecule has 1 aliphatic carbocycles. The third-order valence-corrected chi connectivity index (χ3v) is 5.64. The molecule has 2 aliphatic rings. The molecule has 25 heavy (non-hydrogen) atoms. The molecular formula is C19H22Cl2N2O2. The number of nitrogens with zero attached hydrogens (tertiary/aromatic N) is 1. The van der Waals surface area contributed by atoms with Gasteiger partial charge in [-0.15, -0.1) is 0 Å². The van der Waals surface area contributed by atoms with Crippen molar-refractivity contribution in [2.75, 3.05) is 11.9 Å². The number of nitrogens with one attached hydrogen (secondary N) is 1. The number of carbonyl (C=O) groups excluding carboxylic acids is 2. The Morgan fingerprint density at radius 1 is 1.32 bits per heavy atom. The van der Waals surface area contributed by atoms with Gasteiger partial charge in [0.25, 0.3) is 0 Å². The molecule has 3 atom stereocenters. The Bertz CT molecular complexity index is 717. The van der Waals surface area contributed by atoms with E-state index in [1.165, 1.54) is 0 Å². The molecule has 4 nitrogen and oxygen atoms in total. The van der Waals surface area contributed by atoms with Crippen LogP contribution < -0.4 is 5.32 Å². The molecule has 0 bridgehead atoms. The Morgan fingerprint density at radius 3 is 2.76 bits per heavy atom. The minimum atomic E-state index is -0.379. The Morgan fingerprint density at radius 2 is 2.08 bits per heavy atom. The van der Waals surface area contributed by atoms with E-state index in [0.717, 1.165) is 13.0 Å². The van der Waals surface area contributed by atoms with Crippen LogP contribution in [0.4, 0.5) is 5.69 Å². The molecule has 1 N–H and O–H groups in total. The predicted molar refractivity (Wildman–Crippen MR) is 101 cm³/mol. The number of hydrogen-bond acceptors (Lipinski definition) is 2. The predicted octanol–water partition coefficient (Wildman–Crippen LogP) is 4.38. The maximum Gasteiger partial charge on any atom is 0.228 e. The summed E-state index contributed by atoms with van der Waals surface area (Å²) in [7, 11) is 0. The van der Waals surface area contributed by atoms with Crippen molar-refractivity contribution in [1.29, 1.82) is 0 Å². The van der Waals surface area contributed by atoms with E-state index < -0.39 is 0 Å². The van der Waals surface area contributed by atoms with Crippen LogP contribution in [0.25, 0.3) is 0 Å². The highest BCUT2D eigenvalue weighted by Gasteiger charge is 2.45. The van der Waals surface area contributed by atoms with Crippen molar-refractivity contribution in [3.63, 3.8) is 0 Å². The first-order valence-electron chi connectivity index (χ1n) is 8.61. The lowest BCUT2D eigenvalue weighted by Gasteiger charge is -2.43. The van der Waals surface area contributed by atoms with E-state index in [-0.39, 0.29) is 35.6 Å². The average Bonchev–Trinajstić information content (AvgIpc) is 2.56. The first-order chi connectivity index (χ1) is 11.9. The molecule has 3 rings (SSSR count). The zero-order valence-electron chi connectivity index (χ0n) is 14.3. The molecule has 0 aromatic heterocycles. The molecule has 134 valence electrons. The number of allylic oxidation sites excluding steroid dienone is 2. The summed E-state index contributed by atoms with van der Waals surface area (Å²) in [5.41, 5.74) is 0.520. The van der Waals surface area contributed by atoms with Crippen LogP contribution in [0.1, 0.15) is 26.7 Å². The molecule has 0 spiro atoms. The third kappa shape index (κ3) is 3.70. The minimum Gasteiger partial charge on any atom is -0.340 e. The number of anilines is 1. The van der Waals surface area contributed by atoms with E-state index in [0.29, 0.717) is 22.2 Å². The van der Waals surface area contributed by atoms with Gasteiger partial charge in [-0.1, -0.05) is 35.4 Å². The maximum atomic E-state index is 12.9. The lowest BCUT2D eigenvalue weighted by Crippen LogP contribution is -2.53. The highest BCUT2D eigenvalue weighted by molar-refractivity contribution is 6.36. The van der Waals surface area contributed by atoms with Crippen molar-refractivity contribution in [2.24, 2.45) is 17.8 Å². The van der Waals surface area contributed by atoms with Crippen LogP contribution in [0, 0.1) is 17.8 Å². The average molecular weight is 381 g/mol. The van der Waals surface area contributed by atoms with E-state index in [9.17, 15) is 9.59 Å². The standard InChI is InChI=1S/C19H22Cl2N2O2/c1-11(2)23-9-8-12-4-3-5-14(17(12)19(23)25)18(24)22-16-7-6-13(20)10-15(16)21/h3-4,6-7,10-12,14,17H,5,8-9H2,1-2H3,(H,22,24)/t12-,14-,17+/m0/s1. The number of piperidine rings is 1. The van der Waals surface area contributed by atoms with Gasteiger partial charge < -0.3 is 10.2 Å². The number of halogens is 2. The zero-order chi connectivity index (χ0) is 18.1. The van der Waals surface area contributed by atoms with E-state index in [2.05, 4.69) is 11.4 Å². The molecule has 1 aromatic carbocycles. The molecular weight excluding hydrogens is 359 g/mol. The molecule has 1 aromatic rings. The summed E-state index contributed by atoms with van der Waals surface area (Å²) < 4.78 is 0. The highest BCUT2D eigenvalue weighted by atomic mass is 35.5. The fraction of sp³-hybridized carbons (Fsp3) is 0.474. The van der Waals surface area contributed by atoms with Gasteiger partial charge in [0, 0.05) is 17.6 Å². The van der Waals surface area contributed by atoms with Crippen LogP contribution in [-0.2, 0) is 9.59 Å². The number of fused-ring (bicyclic) bond motifs is 1. The Kier molecular flexibility index (Phi) is 5.40. The van der Waals surface area contributed by atoms with Crippen LogP contribution in [0.5, 0.6) is 0 Å². The molecule has 1 fully saturated rings. The van der Waals surface area contributed by atoms with Crippen LogP contribution in [0.15, 0.2) is 30.4 Å². The lowest BCUT2D eigenvalue weighted by atomic mass is 9.71. The minimum absolute atomic E-state index is 0.0814. The van der Waals surface area contributed by atoms with E-state index in [4.69, 9.17) is 23.2 Å². The quantitative estimate of drug-likeness (QED) is 0.790. The van der Waals surface area contributed by atoms with Crippen LogP contribution in [0.3, 0.4) is 0 Å². The number of likely N-dealkylation sites (tertiary alicyclic amines) is 1. The van der Waals surface area contributed by atoms with Gasteiger partial charge in [0.2, 0.25) is 11.8 Å². The first kappa shape index (κ1) is 18.3. The number of carbonyl (C=O) groups is 2. The smallest absolute Gasteiger partial charge is 0.228 e. The van der Waals surface area contributed by atoms with Gasteiger partial charge in [-0.2, -0.15) is 0 Å². The molecule has 0 saturated carbocycles. The Labute approximate surface area is 158 Å². The fourth-order valence-electron chi connectivity index (χ4n) is 3.78. The lowest BCUT2D eigenvalue weighted by molar-refractivity contribution is -0.148. The Balaban J connectivity index is 1.81. The summed E-state index contributed by atoms with van der Waals surface area (Å²) in [6.07, 6.45) is 5.58. The second-order valence-electron chi connectivity index (χ2n) is 6.99. The number of rotatable bonds is 3. The number of hydrogen-bond donors (Lipinski definition) is 1. The van der Waals surface area contributed by atoms with Gasteiger partial charge >= 0.3 is 0 Å². The molecule has 1 saturated heterocycles. The van der Waals surface area contributed by atoms with Crippen molar-refractivity contribution >= 4 is 40.7 Å². The van der Waals surface area contributed by atoms with Crippen molar-refractivity contribution in [3.05, 3.63) is 40.4 Å². The highest BCUT2D eigenvalue weighted by Crippen LogP contribution is 2.38. The SMILES string of the molecule is CC(C)N1CC[C@@H]2C=CC[C@H](C(=O)Nc3ccc(Cl)cc3Cl)[C@@H]2C1=O. The maximum absolute atomic E-state index is 12.9. The van der Waals surface area contributed by atoms with Crippen molar-refractivity contribution in [3.8, 4) is 0 Å². The molecule has 6 heteroatoms. The Hall–Kier alpha value is -1.52. The van der Waals surface area contributed by atoms with E-state index >= 15 is 0 Å². The first-order valence-corrected chi connectivity index (χ1v) is 9.37. The van der Waals surface area contributed by atoms with Gasteiger partial charge in [-0.05, 0) is 50.8 Å². The van der Waals surface area contributed by atoms with Gasteiger partial charge in [0.1, 0.15) is 0 Å². The van der Waals surface area contributed by atoms with Gasteiger partial charge in [0.15, 0.2) is 0 Å². The van der Waals surface area contributed by atoms with E-state index in [1.807, 2.05) is 24.8 Å². The van der Waals surface area contributed by atoms with Crippen LogP contribution in [-0.4, -0.2) is 29.3 Å². The summed E-state index contributed by atoms with van der Waals surface area (Å²) in [6.45, 7) is 4.78. The molecule has 0 radical (unpaired) electrons. The topological polar surface area (TPSA) is 49.4 Å². The normalized spacial score (nSPS) is 25.9. The van der Waals surface area contributed by atoms with Crippen molar-refractivity contribution in [1.82, 2.24) is 4.90 Å². The zero-order valence-corrected chi connectivity index (χ0v) is 15.8. The monoisotopic (exact) mass is 380 g/mol. The van der Waals surface area contributed by atoms with Gasteiger partial charge in [0.05, 0.1) is 22.5 Å². The van der Waals surface area contributed by atoms with Crippen LogP contribution >= 0.6 is 23.2 Å². The second kappa shape index (κ2) is 7.38. The number of amides is 2. The third-order valence-electron chi connectivity index (χ3n) is 5.09. The summed E-state index contributed by atoms with van der Waals surface area (Å²) in [6, 6.07) is 5.10. The van der Waals surface area contributed by atoms with Gasteiger partial charge in [-0.25, -0.2) is 0 Å². The molecule has 2 amide bonds. The van der Waals surface area contributed by atoms with Crippen LogP contribution in [0.2, 0.25) is 10.0 Å². The van der Waals surface area contributed by atoms with Crippen molar-refractivity contribution in [2.45, 2.75) is 32.7 Å². The molecule has 0 unspecified atom stereocenters.